The second kappa shape index (κ2) is 11.0. The van der Waals surface area contributed by atoms with Gasteiger partial charge in [-0.25, -0.2) is 9.78 Å². The number of hydrogen-bond donors (Lipinski definition) is 1. The highest BCUT2D eigenvalue weighted by Crippen LogP contribution is 2.44. The number of rotatable bonds is 8. The number of aliphatic hydroxyl groups excluding tert-OH is 1. The number of Topliss-reactive ketones (excluding diaryl/α,β-unsaturated/α-hetero) is 1. The molecule has 1 atom stereocenters. The topological polar surface area (TPSA) is 106 Å². The van der Waals surface area contributed by atoms with Gasteiger partial charge < -0.3 is 14.6 Å². The molecule has 9 heteroatoms. The van der Waals surface area contributed by atoms with Gasteiger partial charge in [0.25, 0.3) is 5.78 Å². The first-order valence-electron chi connectivity index (χ1n) is 12.0. The molecule has 1 aliphatic rings. The lowest BCUT2D eigenvalue weighted by Crippen LogP contribution is -2.29. The van der Waals surface area contributed by atoms with Crippen molar-refractivity contribution in [3.05, 3.63) is 81.4 Å². The lowest BCUT2D eigenvalue weighted by molar-refractivity contribution is -0.132. The van der Waals surface area contributed by atoms with Crippen LogP contribution in [-0.4, -0.2) is 41.0 Å². The van der Waals surface area contributed by atoms with E-state index in [1.54, 1.807) is 50.2 Å². The average Bonchev–Trinajstić information content (AvgIpc) is 3.40. The van der Waals surface area contributed by atoms with Crippen LogP contribution in [0.5, 0.6) is 5.75 Å². The van der Waals surface area contributed by atoms with E-state index in [2.05, 4.69) is 4.98 Å². The van der Waals surface area contributed by atoms with Gasteiger partial charge in [-0.15, -0.1) is 0 Å². The highest BCUT2D eigenvalue weighted by atomic mass is 32.1. The summed E-state index contributed by atoms with van der Waals surface area (Å²) in [5, 5.41) is 11.5. The van der Waals surface area contributed by atoms with E-state index in [1.807, 2.05) is 26.0 Å². The van der Waals surface area contributed by atoms with Crippen LogP contribution in [0.2, 0.25) is 0 Å². The van der Waals surface area contributed by atoms with Crippen molar-refractivity contribution in [3.63, 3.8) is 0 Å². The van der Waals surface area contributed by atoms with Crippen LogP contribution in [0.1, 0.15) is 58.4 Å². The van der Waals surface area contributed by atoms with Crippen molar-refractivity contribution in [1.82, 2.24) is 4.98 Å². The molecule has 1 fully saturated rings. The van der Waals surface area contributed by atoms with E-state index in [1.165, 1.54) is 4.90 Å². The number of ketones is 1. The van der Waals surface area contributed by atoms with Gasteiger partial charge in [0.05, 0.1) is 30.5 Å². The summed E-state index contributed by atoms with van der Waals surface area (Å²) in [4.78, 5) is 45.0. The first kappa shape index (κ1) is 26.1. The summed E-state index contributed by atoms with van der Waals surface area (Å²) < 4.78 is 10.7. The molecule has 1 saturated heterocycles. The fraction of sp³-hybridized carbons (Fsp3) is 0.286. The molecule has 8 nitrogen and oxygen atoms in total. The number of esters is 1. The monoisotopic (exact) mass is 520 g/mol. The van der Waals surface area contributed by atoms with Crippen LogP contribution in [0.3, 0.4) is 0 Å². The molecule has 1 aliphatic heterocycles. The summed E-state index contributed by atoms with van der Waals surface area (Å²) in [5.74, 6) is -1.87. The zero-order chi connectivity index (χ0) is 26.7. The van der Waals surface area contributed by atoms with Crippen LogP contribution in [-0.2, 0) is 14.3 Å². The fourth-order valence-electron chi connectivity index (χ4n) is 4.05. The second-order valence-electron chi connectivity index (χ2n) is 8.58. The van der Waals surface area contributed by atoms with Gasteiger partial charge in [-0.3, -0.25) is 14.5 Å². The fourth-order valence-corrected chi connectivity index (χ4v) is 5.04. The summed E-state index contributed by atoms with van der Waals surface area (Å²) >= 11 is 0.978. The van der Waals surface area contributed by atoms with Gasteiger partial charge in [-0.1, -0.05) is 48.1 Å². The molecule has 0 aliphatic carbocycles. The smallest absolute Gasteiger partial charge is 0.350 e. The van der Waals surface area contributed by atoms with Crippen LogP contribution >= 0.6 is 11.3 Å². The molecule has 3 aromatic rings. The molecular formula is C28H28N2O6S. The van der Waals surface area contributed by atoms with Crippen molar-refractivity contribution in [3.8, 4) is 5.75 Å². The molecule has 192 valence electrons. The Bertz CT molecular complexity index is 1360. The third-order valence-corrected chi connectivity index (χ3v) is 7.03. The number of hydrogen-bond acceptors (Lipinski definition) is 8. The number of aliphatic hydroxyl groups is 1. The van der Waals surface area contributed by atoms with E-state index >= 15 is 0 Å². The van der Waals surface area contributed by atoms with Crippen molar-refractivity contribution in [2.24, 2.45) is 0 Å². The van der Waals surface area contributed by atoms with E-state index in [0.717, 1.165) is 23.3 Å². The normalized spacial score (nSPS) is 16.8. The molecule has 37 heavy (non-hydrogen) atoms. The van der Waals surface area contributed by atoms with E-state index in [-0.39, 0.29) is 27.9 Å². The first-order valence-corrected chi connectivity index (χ1v) is 12.8. The predicted molar refractivity (Wildman–Crippen MR) is 141 cm³/mol. The molecule has 0 bridgehead atoms. The number of ether oxygens (including phenoxy) is 2. The Labute approximate surface area is 219 Å². The van der Waals surface area contributed by atoms with Gasteiger partial charge >= 0.3 is 11.9 Å². The number of aryl methyl sites for hydroxylation is 2. The second-order valence-corrected chi connectivity index (χ2v) is 9.56. The summed E-state index contributed by atoms with van der Waals surface area (Å²) in [6.07, 6.45) is 0.857. The Balaban J connectivity index is 1.84. The standard InChI is InChI=1S/C28H28N2O6S/c1-5-15-36-20-13-11-19(12-14-20)23(31)21-22(18-9-7-16(3)8-10-18)30(26(33)24(21)32)28-29-17(4)25(37-28)27(34)35-6-2/h7-14,22,31H,5-6,15H2,1-4H3/t22-/m1/s1. The summed E-state index contributed by atoms with van der Waals surface area (Å²) in [6, 6.07) is 13.1. The highest BCUT2D eigenvalue weighted by Gasteiger charge is 2.48. The van der Waals surface area contributed by atoms with E-state index < -0.39 is 23.7 Å². The molecule has 2 aromatic carbocycles. The molecule has 1 amide bonds. The maximum atomic E-state index is 13.4. The minimum Gasteiger partial charge on any atom is -0.507 e. The maximum absolute atomic E-state index is 13.4. The van der Waals surface area contributed by atoms with Crippen LogP contribution in [0, 0.1) is 13.8 Å². The van der Waals surface area contributed by atoms with Crippen LogP contribution in [0.4, 0.5) is 5.13 Å². The van der Waals surface area contributed by atoms with E-state index in [4.69, 9.17) is 9.47 Å². The average molecular weight is 521 g/mol. The van der Waals surface area contributed by atoms with Gasteiger partial charge in [0.1, 0.15) is 16.4 Å². The van der Waals surface area contributed by atoms with Gasteiger partial charge in [0, 0.05) is 5.56 Å². The highest BCUT2D eigenvalue weighted by molar-refractivity contribution is 7.17. The number of amides is 1. The minimum absolute atomic E-state index is 0.0541. The van der Waals surface area contributed by atoms with E-state index in [0.29, 0.717) is 29.2 Å². The molecule has 0 unspecified atom stereocenters. The van der Waals surface area contributed by atoms with Gasteiger partial charge in [0.15, 0.2) is 5.13 Å². The molecule has 0 radical (unpaired) electrons. The third kappa shape index (κ3) is 5.13. The number of benzene rings is 2. The van der Waals surface area contributed by atoms with Crippen LogP contribution in [0.15, 0.2) is 54.1 Å². The minimum atomic E-state index is -0.933. The van der Waals surface area contributed by atoms with Gasteiger partial charge in [0.2, 0.25) is 0 Å². The van der Waals surface area contributed by atoms with Crippen molar-refractivity contribution in [2.75, 3.05) is 18.1 Å². The molecule has 1 aromatic heterocycles. The molecule has 4 rings (SSSR count). The number of thiazole rings is 1. The summed E-state index contributed by atoms with van der Waals surface area (Å²) in [6.45, 7) is 8.04. The third-order valence-electron chi connectivity index (χ3n) is 5.89. The lowest BCUT2D eigenvalue weighted by atomic mass is 9.95. The Kier molecular flexibility index (Phi) is 7.73. The van der Waals surface area contributed by atoms with Crippen molar-refractivity contribution in [2.45, 2.75) is 40.2 Å². The number of aromatic nitrogens is 1. The maximum Gasteiger partial charge on any atom is 0.350 e. The van der Waals surface area contributed by atoms with E-state index in [9.17, 15) is 19.5 Å². The zero-order valence-electron chi connectivity index (χ0n) is 21.1. The largest absolute Gasteiger partial charge is 0.507 e. The number of carbonyl (C=O) groups is 3. The van der Waals surface area contributed by atoms with Gasteiger partial charge in [-0.2, -0.15) is 0 Å². The van der Waals surface area contributed by atoms with Crippen LogP contribution in [0.25, 0.3) is 5.76 Å². The van der Waals surface area contributed by atoms with Crippen molar-refractivity contribution in [1.29, 1.82) is 0 Å². The Hall–Kier alpha value is -3.98. The quantitative estimate of drug-likeness (QED) is 0.185. The zero-order valence-corrected chi connectivity index (χ0v) is 21.9. The summed E-state index contributed by atoms with van der Waals surface area (Å²) in [7, 11) is 0. The van der Waals surface area contributed by atoms with Crippen molar-refractivity contribution < 1.29 is 29.0 Å². The lowest BCUT2D eigenvalue weighted by Gasteiger charge is -2.23. The van der Waals surface area contributed by atoms with Crippen molar-refractivity contribution >= 4 is 39.9 Å². The Morgan fingerprint density at radius 1 is 1.05 bits per heavy atom. The number of nitrogens with zero attached hydrogens (tertiary/aromatic N) is 2. The number of anilines is 1. The predicted octanol–water partition coefficient (Wildman–Crippen LogP) is 5.35. The molecular weight excluding hydrogens is 492 g/mol. The van der Waals surface area contributed by atoms with Gasteiger partial charge in [-0.05, 0) is 57.0 Å². The molecule has 1 N–H and O–H groups in total. The molecule has 2 heterocycles. The SMILES string of the molecule is CCCOc1ccc(C(O)=C2C(=O)C(=O)N(c3nc(C)c(C(=O)OCC)s3)[C@@H]2c2ccc(C)cc2)cc1. The first-order chi connectivity index (χ1) is 17.8. The Morgan fingerprint density at radius 3 is 2.35 bits per heavy atom. The summed E-state index contributed by atoms with van der Waals surface area (Å²) in [5.41, 5.74) is 2.34. The van der Waals surface area contributed by atoms with Crippen LogP contribution < -0.4 is 9.64 Å². The number of carbonyl (C=O) groups excluding carboxylic acids is 3. The Morgan fingerprint density at radius 2 is 1.73 bits per heavy atom. The molecule has 0 saturated carbocycles. The molecule has 0 spiro atoms.